The molecule has 0 bridgehead atoms. The van der Waals surface area contributed by atoms with Crippen molar-refractivity contribution in [2.24, 2.45) is 7.05 Å². The molecule has 4 heteroatoms. The molecular formula is C19H24N4. The number of hydrogen-bond acceptors (Lipinski definition) is 3. The van der Waals surface area contributed by atoms with E-state index in [1.54, 1.807) is 0 Å². The van der Waals surface area contributed by atoms with E-state index in [-0.39, 0.29) is 0 Å². The van der Waals surface area contributed by atoms with E-state index in [9.17, 15) is 0 Å². The number of benzene rings is 1. The van der Waals surface area contributed by atoms with E-state index in [0.29, 0.717) is 0 Å². The molecule has 0 saturated heterocycles. The van der Waals surface area contributed by atoms with Gasteiger partial charge in [0.25, 0.3) is 0 Å². The van der Waals surface area contributed by atoms with Gasteiger partial charge in [-0.1, -0.05) is 6.07 Å². The molecule has 1 aromatic carbocycles. The lowest BCUT2D eigenvalue weighted by atomic mass is 10.1. The van der Waals surface area contributed by atoms with Gasteiger partial charge in [-0.15, -0.1) is 0 Å². The maximum atomic E-state index is 4.59. The van der Waals surface area contributed by atoms with Crippen molar-refractivity contribution < 1.29 is 0 Å². The van der Waals surface area contributed by atoms with E-state index in [1.165, 1.54) is 22.4 Å². The minimum atomic E-state index is 0.858. The Kier molecular flexibility index (Phi) is 4.07. The third kappa shape index (κ3) is 3.07. The molecule has 0 spiro atoms. The summed E-state index contributed by atoms with van der Waals surface area (Å²) in [5.41, 5.74) is 7.07. The first-order valence-electron chi connectivity index (χ1n) is 8.09. The predicted octanol–water partition coefficient (Wildman–Crippen LogP) is 3.92. The molecule has 4 nitrogen and oxygen atoms in total. The highest BCUT2D eigenvalue weighted by Gasteiger charge is 2.10. The van der Waals surface area contributed by atoms with Gasteiger partial charge in [0, 0.05) is 37.4 Å². The van der Waals surface area contributed by atoms with Crippen molar-refractivity contribution in [1.29, 1.82) is 0 Å². The fourth-order valence-corrected chi connectivity index (χ4v) is 3.18. The zero-order valence-corrected chi connectivity index (χ0v) is 14.6. The van der Waals surface area contributed by atoms with Crippen molar-refractivity contribution in [3.05, 3.63) is 52.8 Å². The number of aryl methyl sites for hydroxylation is 4. The average Bonchev–Trinajstić information content (AvgIpc) is 2.78. The van der Waals surface area contributed by atoms with Crippen molar-refractivity contribution in [2.45, 2.75) is 34.2 Å². The summed E-state index contributed by atoms with van der Waals surface area (Å²) in [6, 6.07) is 8.93. The van der Waals surface area contributed by atoms with E-state index in [4.69, 9.17) is 0 Å². The predicted molar refractivity (Wildman–Crippen MR) is 95.9 cm³/mol. The van der Waals surface area contributed by atoms with Crippen LogP contribution in [-0.2, 0) is 13.6 Å². The minimum absolute atomic E-state index is 0.858. The smallest absolute Gasteiger partial charge is 0.157 e. The molecular weight excluding hydrogens is 284 g/mol. The summed E-state index contributed by atoms with van der Waals surface area (Å²) in [5.74, 6) is 0. The Labute approximate surface area is 137 Å². The van der Waals surface area contributed by atoms with Gasteiger partial charge < -0.3 is 4.90 Å². The first-order valence-corrected chi connectivity index (χ1v) is 8.09. The van der Waals surface area contributed by atoms with Crippen LogP contribution in [0.2, 0.25) is 0 Å². The number of nitrogens with zero attached hydrogens (tertiary/aromatic N) is 4. The van der Waals surface area contributed by atoms with Gasteiger partial charge in [0.15, 0.2) is 5.65 Å². The zero-order chi connectivity index (χ0) is 16.6. The minimum Gasteiger partial charge on any atom is -0.367 e. The lowest BCUT2D eigenvalue weighted by Gasteiger charge is -2.24. The topological polar surface area (TPSA) is 34.0 Å². The summed E-state index contributed by atoms with van der Waals surface area (Å²) in [5, 5.41) is 5.59. The van der Waals surface area contributed by atoms with Crippen LogP contribution in [0.25, 0.3) is 11.0 Å². The van der Waals surface area contributed by atoms with E-state index in [1.807, 2.05) is 24.9 Å². The molecule has 0 unspecified atom stereocenters. The number of aromatic nitrogens is 3. The molecule has 0 aliphatic rings. The molecule has 23 heavy (non-hydrogen) atoms. The van der Waals surface area contributed by atoms with Gasteiger partial charge in [0.1, 0.15) is 0 Å². The van der Waals surface area contributed by atoms with Crippen LogP contribution in [0.5, 0.6) is 0 Å². The molecule has 0 N–H and O–H groups in total. The second-order valence-electron chi connectivity index (χ2n) is 6.28. The molecule has 0 aliphatic carbocycles. The van der Waals surface area contributed by atoms with Crippen molar-refractivity contribution in [1.82, 2.24) is 14.8 Å². The van der Waals surface area contributed by atoms with Gasteiger partial charge in [-0.05, 0) is 62.6 Å². The second-order valence-corrected chi connectivity index (χ2v) is 6.28. The number of hydrogen-bond donors (Lipinski definition) is 0. The lowest BCUT2D eigenvalue weighted by Crippen LogP contribution is -2.22. The second kappa shape index (κ2) is 6.03. The molecule has 0 atom stereocenters. The highest BCUT2D eigenvalue weighted by atomic mass is 15.3. The van der Waals surface area contributed by atoms with Crippen LogP contribution < -0.4 is 4.90 Å². The maximum Gasteiger partial charge on any atom is 0.157 e. The summed E-state index contributed by atoms with van der Waals surface area (Å²) in [6.45, 7) is 10.4. The monoisotopic (exact) mass is 308 g/mol. The molecule has 0 aliphatic heterocycles. The maximum absolute atomic E-state index is 4.59. The van der Waals surface area contributed by atoms with E-state index in [0.717, 1.165) is 29.8 Å². The fourth-order valence-electron chi connectivity index (χ4n) is 3.18. The molecule has 120 valence electrons. The van der Waals surface area contributed by atoms with Gasteiger partial charge in [0.2, 0.25) is 0 Å². The Morgan fingerprint density at radius 1 is 1.04 bits per heavy atom. The molecule has 0 saturated carbocycles. The zero-order valence-electron chi connectivity index (χ0n) is 14.6. The summed E-state index contributed by atoms with van der Waals surface area (Å²) >= 11 is 0. The van der Waals surface area contributed by atoms with Crippen molar-refractivity contribution in [3.8, 4) is 0 Å². The van der Waals surface area contributed by atoms with Crippen molar-refractivity contribution in [2.75, 3.05) is 11.4 Å². The van der Waals surface area contributed by atoms with Gasteiger partial charge in [-0.25, -0.2) is 4.98 Å². The first-order chi connectivity index (χ1) is 11.0. The Balaban J connectivity index is 1.93. The van der Waals surface area contributed by atoms with Gasteiger partial charge >= 0.3 is 0 Å². The quantitative estimate of drug-likeness (QED) is 0.732. The van der Waals surface area contributed by atoms with Crippen LogP contribution in [0.1, 0.15) is 29.3 Å². The van der Waals surface area contributed by atoms with Crippen LogP contribution in [0.3, 0.4) is 0 Å². The normalized spacial score (nSPS) is 11.2. The molecule has 2 heterocycles. The van der Waals surface area contributed by atoms with Gasteiger partial charge in [0.05, 0.1) is 5.69 Å². The molecule has 0 fully saturated rings. The summed E-state index contributed by atoms with van der Waals surface area (Å²) in [4.78, 5) is 6.97. The number of fused-ring (bicyclic) bond motifs is 1. The Morgan fingerprint density at radius 2 is 1.74 bits per heavy atom. The van der Waals surface area contributed by atoms with E-state index >= 15 is 0 Å². The standard InChI is InChI=1S/C19H24N4/c1-6-23(17-8-13(2)7-14(3)9-17)12-16-10-18-15(4)21-22(5)19(18)20-11-16/h7-11H,6,12H2,1-5H3. The Bertz CT molecular complexity index is 828. The van der Waals surface area contributed by atoms with E-state index in [2.05, 4.69) is 60.0 Å². The fraction of sp³-hybridized carbons (Fsp3) is 0.368. The number of pyridine rings is 1. The third-order valence-electron chi connectivity index (χ3n) is 4.25. The highest BCUT2D eigenvalue weighted by molar-refractivity contribution is 5.78. The van der Waals surface area contributed by atoms with Crippen LogP contribution >= 0.6 is 0 Å². The summed E-state index contributed by atoms with van der Waals surface area (Å²) < 4.78 is 1.84. The van der Waals surface area contributed by atoms with Crippen molar-refractivity contribution in [3.63, 3.8) is 0 Å². The molecule has 2 aromatic heterocycles. The SMILES string of the molecule is CCN(Cc1cnc2c(c1)c(C)nn2C)c1cc(C)cc(C)c1. The van der Waals surface area contributed by atoms with Crippen molar-refractivity contribution >= 4 is 16.7 Å². The van der Waals surface area contributed by atoms with Gasteiger partial charge in [-0.3, -0.25) is 4.68 Å². The molecule has 0 radical (unpaired) electrons. The number of anilines is 1. The molecule has 3 rings (SSSR count). The summed E-state index contributed by atoms with van der Waals surface area (Å²) in [6.07, 6.45) is 1.97. The van der Waals surface area contributed by atoms with E-state index < -0.39 is 0 Å². The third-order valence-corrected chi connectivity index (χ3v) is 4.25. The number of rotatable bonds is 4. The van der Waals surface area contributed by atoms with Crippen LogP contribution in [0.15, 0.2) is 30.5 Å². The molecule has 0 amide bonds. The Hall–Kier alpha value is -2.36. The lowest BCUT2D eigenvalue weighted by molar-refractivity contribution is 0.772. The molecule has 3 aromatic rings. The van der Waals surface area contributed by atoms with Crippen LogP contribution in [0, 0.1) is 20.8 Å². The van der Waals surface area contributed by atoms with Gasteiger partial charge in [-0.2, -0.15) is 5.10 Å². The van der Waals surface area contributed by atoms with Crippen LogP contribution in [-0.4, -0.2) is 21.3 Å². The average molecular weight is 308 g/mol. The first kappa shape index (κ1) is 15.5. The van der Waals surface area contributed by atoms with Crippen LogP contribution in [0.4, 0.5) is 5.69 Å². The summed E-state index contributed by atoms with van der Waals surface area (Å²) in [7, 11) is 1.94. The largest absolute Gasteiger partial charge is 0.367 e. The Morgan fingerprint density at radius 3 is 2.39 bits per heavy atom. The highest BCUT2D eigenvalue weighted by Crippen LogP contribution is 2.22.